The van der Waals surface area contributed by atoms with Gasteiger partial charge in [0.05, 0.1) is 18.8 Å². The van der Waals surface area contributed by atoms with Gasteiger partial charge in [-0.05, 0) is 41.6 Å². The summed E-state index contributed by atoms with van der Waals surface area (Å²) in [7, 11) is 1.55. The fourth-order valence-corrected chi connectivity index (χ4v) is 2.97. The molecule has 5 nitrogen and oxygen atoms in total. The molecule has 0 aromatic heterocycles. The van der Waals surface area contributed by atoms with Crippen molar-refractivity contribution in [1.29, 1.82) is 0 Å². The van der Waals surface area contributed by atoms with Crippen LogP contribution < -0.4 is 4.74 Å². The minimum atomic E-state index is -1.28. The molecule has 3 rings (SSSR count). The van der Waals surface area contributed by atoms with Crippen LogP contribution in [0, 0.1) is 6.92 Å². The van der Waals surface area contributed by atoms with E-state index >= 15 is 0 Å². The number of fused-ring (bicyclic) bond motifs is 2. The first kappa shape index (κ1) is 13.9. The maximum Gasteiger partial charge on any atom is 0.195 e. The summed E-state index contributed by atoms with van der Waals surface area (Å²) in [4.78, 5) is 12.1. The Kier molecular flexibility index (Phi) is 3.11. The van der Waals surface area contributed by atoms with Crippen LogP contribution in [0.5, 0.6) is 11.5 Å². The molecule has 0 spiro atoms. The van der Waals surface area contributed by atoms with Gasteiger partial charge in [-0.3, -0.25) is 4.79 Å². The van der Waals surface area contributed by atoms with Crippen LogP contribution in [0.3, 0.4) is 0 Å². The number of ether oxygens (including phenoxy) is 1. The summed E-state index contributed by atoms with van der Waals surface area (Å²) in [6.45, 7) is 1.80. The second-order valence-corrected chi connectivity index (χ2v) is 5.36. The van der Waals surface area contributed by atoms with Gasteiger partial charge in [0, 0.05) is 11.8 Å². The van der Waals surface area contributed by atoms with Gasteiger partial charge >= 0.3 is 0 Å². The van der Waals surface area contributed by atoms with Crippen LogP contribution in [-0.4, -0.2) is 34.3 Å². The van der Waals surface area contributed by atoms with Crippen molar-refractivity contribution >= 4 is 16.6 Å². The van der Waals surface area contributed by atoms with Crippen LogP contribution in [0.2, 0.25) is 0 Å². The molecule has 0 radical (unpaired) electrons. The van der Waals surface area contributed by atoms with E-state index in [1.807, 2.05) is 0 Å². The first-order valence-electron chi connectivity index (χ1n) is 6.68. The summed E-state index contributed by atoms with van der Waals surface area (Å²) >= 11 is 0. The molecule has 21 heavy (non-hydrogen) atoms. The van der Waals surface area contributed by atoms with Crippen LogP contribution in [-0.2, 0) is 0 Å². The van der Waals surface area contributed by atoms with Crippen LogP contribution in [0.1, 0.15) is 34.0 Å². The van der Waals surface area contributed by atoms with Gasteiger partial charge in [-0.25, -0.2) is 0 Å². The summed E-state index contributed by atoms with van der Waals surface area (Å²) in [5.41, 5.74) is 1.12. The Bertz CT molecular complexity index is 750. The maximum absolute atomic E-state index is 12.1. The minimum Gasteiger partial charge on any atom is -0.507 e. The van der Waals surface area contributed by atoms with Gasteiger partial charge in [-0.1, -0.05) is 0 Å². The number of aromatic hydroxyl groups is 1. The predicted octanol–water partition coefficient (Wildman–Crippen LogP) is 1.84. The van der Waals surface area contributed by atoms with Crippen molar-refractivity contribution in [2.24, 2.45) is 0 Å². The second-order valence-electron chi connectivity index (χ2n) is 5.36. The molecule has 1 aliphatic carbocycles. The van der Waals surface area contributed by atoms with Gasteiger partial charge < -0.3 is 20.1 Å². The van der Waals surface area contributed by atoms with E-state index in [4.69, 9.17) is 4.74 Å². The Labute approximate surface area is 121 Å². The van der Waals surface area contributed by atoms with Crippen LogP contribution in [0.4, 0.5) is 0 Å². The number of methoxy groups -OCH3 is 1. The highest BCUT2D eigenvalue weighted by Gasteiger charge is 2.34. The monoisotopic (exact) mass is 288 g/mol. The summed E-state index contributed by atoms with van der Waals surface area (Å²) in [5.74, 6) is -0.105. The number of aryl methyl sites for hydroxylation is 1. The standard InChI is InChI=1S/C16H16O5/c1-7-3-9(21-2)4-8-5-10-11(17)6-12(18)15(19)14(10)16(20)13(7)8/h3-5,11-12,17-18,20H,6H2,1-2H3. The first-order chi connectivity index (χ1) is 9.93. The average Bonchev–Trinajstić information content (AvgIpc) is 2.44. The zero-order valence-electron chi connectivity index (χ0n) is 11.8. The Morgan fingerprint density at radius 1 is 1.19 bits per heavy atom. The summed E-state index contributed by atoms with van der Waals surface area (Å²) in [6.07, 6.45) is -2.32. The van der Waals surface area contributed by atoms with E-state index in [1.165, 1.54) is 0 Å². The van der Waals surface area contributed by atoms with Gasteiger partial charge in [0.15, 0.2) is 5.78 Å². The molecule has 0 bridgehead atoms. The Hall–Kier alpha value is -2.11. The number of ketones is 1. The average molecular weight is 288 g/mol. The van der Waals surface area contributed by atoms with Gasteiger partial charge in [-0.15, -0.1) is 0 Å². The highest BCUT2D eigenvalue weighted by molar-refractivity contribution is 6.10. The quantitative estimate of drug-likeness (QED) is 0.745. The molecule has 2 aromatic rings. The number of hydrogen-bond donors (Lipinski definition) is 3. The SMILES string of the molecule is COc1cc(C)c2c(O)c3c(cc2c1)C(O)CC(O)C3=O. The van der Waals surface area contributed by atoms with Crippen molar-refractivity contribution in [1.82, 2.24) is 0 Å². The molecule has 2 unspecified atom stereocenters. The lowest BCUT2D eigenvalue weighted by Gasteiger charge is -2.26. The number of carbonyl (C=O) groups excluding carboxylic acids is 1. The lowest BCUT2D eigenvalue weighted by atomic mass is 9.83. The molecule has 0 saturated heterocycles. The van der Waals surface area contributed by atoms with E-state index in [2.05, 4.69) is 0 Å². The number of rotatable bonds is 1. The normalized spacial score (nSPS) is 21.4. The van der Waals surface area contributed by atoms with E-state index in [-0.39, 0.29) is 17.7 Å². The smallest absolute Gasteiger partial charge is 0.195 e. The van der Waals surface area contributed by atoms with Gasteiger partial charge in [0.25, 0.3) is 0 Å². The number of carbonyl (C=O) groups is 1. The molecule has 1 aliphatic rings. The van der Waals surface area contributed by atoms with Crippen molar-refractivity contribution < 1.29 is 24.9 Å². The Morgan fingerprint density at radius 2 is 1.90 bits per heavy atom. The largest absolute Gasteiger partial charge is 0.507 e. The van der Waals surface area contributed by atoms with E-state index < -0.39 is 18.0 Å². The molecular weight excluding hydrogens is 272 g/mol. The van der Waals surface area contributed by atoms with Gasteiger partial charge in [0.2, 0.25) is 0 Å². The maximum atomic E-state index is 12.1. The minimum absolute atomic E-state index is 0.0158. The van der Waals surface area contributed by atoms with Crippen molar-refractivity contribution in [2.75, 3.05) is 7.11 Å². The molecule has 0 fully saturated rings. The highest BCUT2D eigenvalue weighted by atomic mass is 16.5. The lowest BCUT2D eigenvalue weighted by Crippen LogP contribution is -2.30. The molecule has 2 atom stereocenters. The number of benzene rings is 2. The molecule has 2 aromatic carbocycles. The molecule has 0 saturated carbocycles. The number of phenols is 1. The third-order valence-electron chi connectivity index (χ3n) is 4.00. The van der Waals surface area contributed by atoms with E-state index in [0.29, 0.717) is 22.1 Å². The first-order valence-corrected chi connectivity index (χ1v) is 6.68. The number of phenolic OH excluding ortho intramolecular Hbond substituents is 1. The van der Waals surface area contributed by atoms with Crippen molar-refractivity contribution in [2.45, 2.75) is 25.6 Å². The second kappa shape index (κ2) is 4.72. The predicted molar refractivity (Wildman–Crippen MR) is 76.8 cm³/mol. The summed E-state index contributed by atoms with van der Waals surface area (Å²) in [5, 5.41) is 31.5. The summed E-state index contributed by atoms with van der Waals surface area (Å²) < 4.78 is 5.20. The van der Waals surface area contributed by atoms with Gasteiger partial charge in [0.1, 0.15) is 17.6 Å². The Balaban J connectivity index is 2.39. The number of Topliss-reactive ketones (excluding diaryl/α,β-unsaturated/α-hetero) is 1. The fourth-order valence-electron chi connectivity index (χ4n) is 2.97. The van der Waals surface area contributed by atoms with Crippen molar-refractivity contribution in [3.8, 4) is 11.5 Å². The Morgan fingerprint density at radius 3 is 2.57 bits per heavy atom. The number of aliphatic hydroxyl groups is 2. The molecule has 5 heteroatoms. The molecule has 0 aliphatic heterocycles. The molecule has 0 amide bonds. The number of hydrogen-bond acceptors (Lipinski definition) is 5. The van der Waals surface area contributed by atoms with E-state index in [0.717, 1.165) is 5.56 Å². The van der Waals surface area contributed by atoms with Crippen LogP contribution in [0.15, 0.2) is 18.2 Å². The molecule has 110 valence electrons. The van der Waals surface area contributed by atoms with Crippen LogP contribution >= 0.6 is 0 Å². The highest BCUT2D eigenvalue weighted by Crippen LogP contribution is 2.42. The van der Waals surface area contributed by atoms with Gasteiger partial charge in [-0.2, -0.15) is 0 Å². The molecule has 3 N–H and O–H groups in total. The zero-order valence-corrected chi connectivity index (χ0v) is 11.8. The number of aliphatic hydroxyl groups excluding tert-OH is 2. The molecule has 0 heterocycles. The van der Waals surface area contributed by atoms with Crippen molar-refractivity contribution in [3.05, 3.63) is 34.9 Å². The van der Waals surface area contributed by atoms with Crippen molar-refractivity contribution in [3.63, 3.8) is 0 Å². The van der Waals surface area contributed by atoms with E-state index in [1.54, 1.807) is 32.2 Å². The topological polar surface area (TPSA) is 87.0 Å². The third kappa shape index (κ3) is 1.97. The lowest BCUT2D eigenvalue weighted by molar-refractivity contribution is 0.0481. The van der Waals surface area contributed by atoms with Crippen LogP contribution in [0.25, 0.3) is 10.8 Å². The third-order valence-corrected chi connectivity index (χ3v) is 4.00. The van der Waals surface area contributed by atoms with E-state index in [9.17, 15) is 20.1 Å². The zero-order chi connectivity index (χ0) is 15.3. The summed E-state index contributed by atoms with van der Waals surface area (Å²) in [6, 6.07) is 5.17. The molecular formula is C16H16O5. The fraction of sp³-hybridized carbons (Fsp3) is 0.312.